The van der Waals surface area contributed by atoms with Crippen LogP contribution < -0.4 is 5.32 Å². The Kier molecular flexibility index (Phi) is 2.66. The smallest absolute Gasteiger partial charge is 0.234 e. The molecule has 6 heteroatoms. The maximum Gasteiger partial charge on any atom is 0.234 e. The van der Waals surface area contributed by atoms with Gasteiger partial charge >= 0.3 is 0 Å². The van der Waals surface area contributed by atoms with E-state index < -0.39 is 0 Å². The van der Waals surface area contributed by atoms with E-state index in [-0.39, 0.29) is 5.41 Å². The first-order valence-electron chi connectivity index (χ1n) is 6.22. The summed E-state index contributed by atoms with van der Waals surface area (Å²) in [5, 5.41) is 11.7. The predicted octanol–water partition coefficient (Wildman–Crippen LogP) is 1.11. The van der Waals surface area contributed by atoms with Crippen molar-refractivity contribution in [1.29, 1.82) is 0 Å². The summed E-state index contributed by atoms with van der Waals surface area (Å²) in [7, 11) is 1.87. The molecule has 0 spiro atoms. The van der Waals surface area contributed by atoms with Crippen LogP contribution in [0, 0.1) is 0 Å². The molecule has 0 saturated carbocycles. The lowest BCUT2D eigenvalue weighted by Gasteiger charge is -2.30. The fraction of sp³-hybridized carbons (Fsp3) is 0.583. The molecule has 0 bridgehead atoms. The molecule has 1 aliphatic rings. The zero-order chi connectivity index (χ0) is 12.6. The average molecular weight is 247 g/mol. The lowest BCUT2D eigenvalue weighted by Crippen LogP contribution is -2.41. The van der Waals surface area contributed by atoms with Crippen molar-refractivity contribution in [2.45, 2.75) is 25.2 Å². The van der Waals surface area contributed by atoms with E-state index in [0.29, 0.717) is 11.7 Å². The van der Waals surface area contributed by atoms with Gasteiger partial charge in [-0.05, 0) is 32.4 Å². The highest BCUT2D eigenvalue weighted by Gasteiger charge is 2.34. The molecule has 1 atom stereocenters. The van der Waals surface area contributed by atoms with Crippen LogP contribution in [0.15, 0.2) is 16.8 Å². The van der Waals surface area contributed by atoms with Gasteiger partial charge in [0.05, 0.1) is 5.41 Å². The van der Waals surface area contributed by atoms with Crippen LogP contribution in [0.4, 0.5) is 0 Å². The van der Waals surface area contributed by atoms with Gasteiger partial charge in [-0.15, -0.1) is 0 Å². The minimum absolute atomic E-state index is 0.0573. The maximum absolute atomic E-state index is 5.42. The first-order chi connectivity index (χ1) is 8.67. The minimum Gasteiger partial charge on any atom is -0.338 e. The predicted molar refractivity (Wildman–Crippen MR) is 66.0 cm³/mol. The molecule has 1 aliphatic heterocycles. The Morgan fingerprint density at radius 2 is 2.39 bits per heavy atom. The molecule has 18 heavy (non-hydrogen) atoms. The van der Waals surface area contributed by atoms with E-state index in [4.69, 9.17) is 4.52 Å². The second-order valence-electron chi connectivity index (χ2n) is 5.14. The largest absolute Gasteiger partial charge is 0.338 e. The summed E-state index contributed by atoms with van der Waals surface area (Å²) in [4.78, 5) is 4.50. The zero-order valence-corrected chi connectivity index (χ0v) is 10.7. The van der Waals surface area contributed by atoms with Crippen molar-refractivity contribution < 1.29 is 4.52 Å². The highest BCUT2D eigenvalue weighted by atomic mass is 16.5. The van der Waals surface area contributed by atoms with Gasteiger partial charge < -0.3 is 9.84 Å². The fourth-order valence-electron chi connectivity index (χ4n) is 2.35. The van der Waals surface area contributed by atoms with Crippen molar-refractivity contribution in [2.75, 3.05) is 13.1 Å². The van der Waals surface area contributed by atoms with Crippen LogP contribution in [-0.2, 0) is 12.5 Å². The summed E-state index contributed by atoms with van der Waals surface area (Å²) >= 11 is 0. The highest BCUT2D eigenvalue weighted by molar-refractivity contribution is 5.46. The second-order valence-corrected chi connectivity index (χ2v) is 5.14. The van der Waals surface area contributed by atoms with Crippen molar-refractivity contribution in [3.63, 3.8) is 0 Å². The molecule has 1 unspecified atom stereocenters. The van der Waals surface area contributed by atoms with Gasteiger partial charge in [-0.3, -0.25) is 4.68 Å². The number of piperidine rings is 1. The molecule has 0 amide bonds. The molecule has 1 N–H and O–H groups in total. The molecule has 3 rings (SSSR count). The van der Waals surface area contributed by atoms with E-state index in [0.717, 1.165) is 31.6 Å². The first-order valence-corrected chi connectivity index (χ1v) is 6.22. The van der Waals surface area contributed by atoms with Crippen molar-refractivity contribution in [1.82, 2.24) is 25.2 Å². The molecule has 0 radical (unpaired) electrons. The Hall–Kier alpha value is -1.69. The number of nitrogens with one attached hydrogen (secondary N) is 1. The summed E-state index contributed by atoms with van der Waals surface area (Å²) < 4.78 is 7.15. The summed E-state index contributed by atoms with van der Waals surface area (Å²) in [6.45, 7) is 4.11. The van der Waals surface area contributed by atoms with Gasteiger partial charge in [0.25, 0.3) is 0 Å². The molecule has 0 aromatic carbocycles. The van der Waals surface area contributed by atoms with E-state index in [1.807, 2.05) is 19.3 Å². The number of hydrogen-bond donors (Lipinski definition) is 1. The lowest BCUT2D eigenvalue weighted by molar-refractivity contribution is 0.245. The number of hydrogen-bond acceptors (Lipinski definition) is 5. The van der Waals surface area contributed by atoms with Crippen LogP contribution in [0.1, 0.15) is 25.7 Å². The maximum atomic E-state index is 5.42. The number of aryl methyl sites for hydroxylation is 1. The summed E-state index contributed by atoms with van der Waals surface area (Å²) in [5.41, 5.74) is 0.693. The van der Waals surface area contributed by atoms with E-state index in [2.05, 4.69) is 27.5 Å². The Labute approximate surface area is 105 Å². The quantitative estimate of drug-likeness (QED) is 0.861. The van der Waals surface area contributed by atoms with Gasteiger partial charge in [-0.25, -0.2) is 0 Å². The summed E-state index contributed by atoms with van der Waals surface area (Å²) in [6.07, 6.45) is 4.08. The van der Waals surface area contributed by atoms with Gasteiger partial charge in [0.1, 0.15) is 5.69 Å². The van der Waals surface area contributed by atoms with E-state index in [1.54, 1.807) is 4.68 Å². The standard InChI is InChI=1S/C12H17N5O/c1-12(5-3-6-13-8-12)11-14-10(16-18-11)9-4-7-17(2)15-9/h4,7,13H,3,5-6,8H2,1-2H3. The Morgan fingerprint density at radius 1 is 1.50 bits per heavy atom. The van der Waals surface area contributed by atoms with Crippen LogP contribution in [-0.4, -0.2) is 33.0 Å². The topological polar surface area (TPSA) is 68.8 Å². The third kappa shape index (κ3) is 1.92. The molecular formula is C12H17N5O. The van der Waals surface area contributed by atoms with Crippen molar-refractivity contribution in [3.8, 4) is 11.5 Å². The average Bonchev–Trinajstić information content (AvgIpc) is 2.98. The van der Waals surface area contributed by atoms with Crippen molar-refractivity contribution in [3.05, 3.63) is 18.2 Å². The molecule has 2 aromatic heterocycles. The third-order valence-electron chi connectivity index (χ3n) is 3.48. The lowest BCUT2D eigenvalue weighted by atomic mass is 9.83. The highest BCUT2D eigenvalue weighted by Crippen LogP contribution is 2.30. The third-order valence-corrected chi connectivity index (χ3v) is 3.48. The van der Waals surface area contributed by atoms with Crippen LogP contribution >= 0.6 is 0 Å². The summed E-state index contributed by atoms with van der Waals surface area (Å²) in [6, 6.07) is 1.89. The van der Waals surface area contributed by atoms with Crippen molar-refractivity contribution >= 4 is 0 Å². The number of aromatic nitrogens is 4. The first kappa shape index (κ1) is 11.4. The Bertz CT molecular complexity index is 538. The van der Waals surface area contributed by atoms with Gasteiger partial charge in [-0.1, -0.05) is 5.16 Å². The van der Waals surface area contributed by atoms with Gasteiger partial charge in [0, 0.05) is 19.8 Å². The van der Waals surface area contributed by atoms with Gasteiger partial charge in [-0.2, -0.15) is 10.1 Å². The van der Waals surface area contributed by atoms with Crippen molar-refractivity contribution in [2.24, 2.45) is 7.05 Å². The van der Waals surface area contributed by atoms with Gasteiger partial charge in [0.2, 0.25) is 11.7 Å². The van der Waals surface area contributed by atoms with E-state index in [1.165, 1.54) is 0 Å². The molecule has 3 heterocycles. The minimum atomic E-state index is -0.0573. The molecule has 2 aromatic rings. The number of nitrogens with zero attached hydrogens (tertiary/aromatic N) is 4. The SMILES string of the molecule is Cn1ccc(-c2noc(C3(C)CCCNC3)n2)n1. The second kappa shape index (κ2) is 4.20. The van der Waals surface area contributed by atoms with Crippen LogP contribution in [0.3, 0.4) is 0 Å². The molecule has 0 aliphatic carbocycles. The Balaban J connectivity index is 1.89. The van der Waals surface area contributed by atoms with Crippen LogP contribution in [0.5, 0.6) is 0 Å². The molecule has 1 saturated heterocycles. The number of rotatable bonds is 2. The molecule has 6 nitrogen and oxygen atoms in total. The molecule has 1 fully saturated rings. The van der Waals surface area contributed by atoms with Gasteiger partial charge in [0.15, 0.2) is 0 Å². The molecule has 96 valence electrons. The van der Waals surface area contributed by atoms with Crippen LogP contribution in [0.2, 0.25) is 0 Å². The fourth-order valence-corrected chi connectivity index (χ4v) is 2.35. The summed E-state index contributed by atoms with van der Waals surface area (Å²) in [5.74, 6) is 1.27. The van der Waals surface area contributed by atoms with Crippen LogP contribution in [0.25, 0.3) is 11.5 Å². The zero-order valence-electron chi connectivity index (χ0n) is 10.7. The molecular weight excluding hydrogens is 230 g/mol. The van der Waals surface area contributed by atoms with E-state index in [9.17, 15) is 0 Å². The normalized spacial score (nSPS) is 24.3. The van der Waals surface area contributed by atoms with E-state index >= 15 is 0 Å². The Morgan fingerprint density at radius 3 is 3.06 bits per heavy atom. The monoisotopic (exact) mass is 247 g/mol.